The summed E-state index contributed by atoms with van der Waals surface area (Å²) in [5, 5.41) is 10.9. The van der Waals surface area contributed by atoms with Gasteiger partial charge in [-0.15, -0.1) is 11.8 Å². The number of hydrogen-bond donors (Lipinski definition) is 0. The number of aryl methyl sites for hydroxylation is 1. The molecule has 0 aliphatic carbocycles. The molecule has 0 radical (unpaired) electrons. The predicted octanol–water partition coefficient (Wildman–Crippen LogP) is 5.20. The molecule has 4 heteroatoms. The van der Waals surface area contributed by atoms with Crippen LogP contribution in [0.25, 0.3) is 16.7 Å². The first kappa shape index (κ1) is 15.9. The zero-order valence-corrected chi connectivity index (χ0v) is 14.5. The van der Waals surface area contributed by atoms with Crippen molar-refractivity contribution in [3.05, 3.63) is 41.5 Å². The summed E-state index contributed by atoms with van der Waals surface area (Å²) in [5.41, 5.74) is 4.69. The lowest BCUT2D eigenvalue weighted by Crippen LogP contribution is -2.00. The van der Waals surface area contributed by atoms with Gasteiger partial charge in [0.05, 0.1) is 21.6 Å². The van der Waals surface area contributed by atoms with Gasteiger partial charge in [0.25, 0.3) is 0 Å². The highest BCUT2D eigenvalue weighted by molar-refractivity contribution is 7.99. The number of para-hydroxylation sites is 2. The van der Waals surface area contributed by atoms with Crippen molar-refractivity contribution >= 4 is 28.4 Å². The number of benzene rings is 1. The molecule has 0 atom stereocenters. The third-order valence-corrected chi connectivity index (χ3v) is 5.09. The molecule has 2 aromatic heterocycles. The molecule has 0 fully saturated rings. The number of thioether (sulfide) groups is 1. The second-order valence-electron chi connectivity index (χ2n) is 5.71. The number of unbranched alkanes of at least 4 members (excludes halogenated alkanes) is 1. The highest BCUT2D eigenvalue weighted by Gasteiger charge is 2.16. The Morgan fingerprint density at radius 1 is 1.22 bits per heavy atom. The Hall–Kier alpha value is -1.99. The zero-order valence-electron chi connectivity index (χ0n) is 13.7. The van der Waals surface area contributed by atoms with Gasteiger partial charge in [0.1, 0.15) is 6.07 Å². The minimum atomic E-state index is 0.725. The second kappa shape index (κ2) is 7.06. The van der Waals surface area contributed by atoms with Gasteiger partial charge in [0.15, 0.2) is 5.65 Å². The molecule has 0 saturated carbocycles. The van der Waals surface area contributed by atoms with Crippen molar-refractivity contribution in [3.63, 3.8) is 0 Å². The van der Waals surface area contributed by atoms with Crippen molar-refractivity contribution in [1.82, 2.24) is 9.38 Å². The largest absolute Gasteiger partial charge is 0.286 e. The lowest BCUT2D eigenvalue weighted by Gasteiger charge is -2.11. The summed E-state index contributed by atoms with van der Waals surface area (Å²) in [6, 6.07) is 12.7. The van der Waals surface area contributed by atoms with E-state index < -0.39 is 0 Å². The van der Waals surface area contributed by atoms with Crippen LogP contribution in [-0.4, -0.2) is 15.1 Å². The molecule has 3 rings (SSSR count). The fourth-order valence-electron chi connectivity index (χ4n) is 2.86. The second-order valence-corrected chi connectivity index (χ2v) is 6.82. The first-order chi connectivity index (χ1) is 11.3. The fourth-order valence-corrected chi connectivity index (χ4v) is 4.04. The van der Waals surface area contributed by atoms with Gasteiger partial charge in [-0.1, -0.05) is 38.8 Å². The molecule has 3 aromatic rings. The van der Waals surface area contributed by atoms with Crippen molar-refractivity contribution in [1.29, 1.82) is 5.26 Å². The number of rotatable bonds is 6. The fraction of sp³-hybridized carbons (Fsp3) is 0.368. The minimum Gasteiger partial charge on any atom is -0.286 e. The van der Waals surface area contributed by atoms with E-state index in [0.717, 1.165) is 46.4 Å². The molecule has 2 heterocycles. The molecule has 0 saturated heterocycles. The van der Waals surface area contributed by atoms with Crippen molar-refractivity contribution in [3.8, 4) is 6.07 Å². The molecule has 0 aliphatic rings. The molecule has 1 aromatic carbocycles. The number of nitrogens with zero attached hydrogens (tertiary/aromatic N) is 3. The number of nitriles is 1. The first-order valence-electron chi connectivity index (χ1n) is 8.26. The van der Waals surface area contributed by atoms with Gasteiger partial charge in [-0.05, 0) is 42.4 Å². The third kappa shape index (κ3) is 2.94. The standard InChI is InChI=1S/C19H21N3S/c1-3-5-11-23-18-12-14(8-4-2)15(13-20)19-21-16-9-6-7-10-17(16)22(18)19/h6-7,9-10,12H,3-5,8,11H2,1-2H3. The molecule has 0 unspecified atom stereocenters. The van der Waals surface area contributed by atoms with Crippen LogP contribution in [0.5, 0.6) is 0 Å². The van der Waals surface area contributed by atoms with Crippen LogP contribution in [-0.2, 0) is 6.42 Å². The highest BCUT2D eigenvalue weighted by Crippen LogP contribution is 2.30. The van der Waals surface area contributed by atoms with Gasteiger partial charge < -0.3 is 0 Å². The highest BCUT2D eigenvalue weighted by atomic mass is 32.2. The summed E-state index contributed by atoms with van der Waals surface area (Å²) >= 11 is 1.87. The maximum atomic E-state index is 9.66. The average Bonchev–Trinajstić information content (AvgIpc) is 2.95. The van der Waals surface area contributed by atoms with Crippen molar-refractivity contribution in [2.75, 3.05) is 5.75 Å². The average molecular weight is 323 g/mol. The molecule has 0 N–H and O–H groups in total. The summed E-state index contributed by atoms with van der Waals surface area (Å²) in [4.78, 5) is 4.74. The predicted molar refractivity (Wildman–Crippen MR) is 97.0 cm³/mol. The van der Waals surface area contributed by atoms with E-state index in [9.17, 15) is 5.26 Å². The van der Waals surface area contributed by atoms with E-state index in [4.69, 9.17) is 4.98 Å². The number of hydrogen-bond acceptors (Lipinski definition) is 3. The van der Waals surface area contributed by atoms with Gasteiger partial charge in [-0.25, -0.2) is 4.98 Å². The Balaban J connectivity index is 2.27. The number of aromatic nitrogens is 2. The molecule has 118 valence electrons. The maximum Gasteiger partial charge on any atom is 0.157 e. The first-order valence-corrected chi connectivity index (χ1v) is 9.24. The third-order valence-electron chi connectivity index (χ3n) is 4.00. The van der Waals surface area contributed by atoms with Crippen LogP contribution < -0.4 is 0 Å². The van der Waals surface area contributed by atoms with Gasteiger partial charge in [0, 0.05) is 0 Å². The van der Waals surface area contributed by atoms with E-state index in [1.54, 1.807) is 0 Å². The molecule has 0 aliphatic heterocycles. The summed E-state index contributed by atoms with van der Waals surface area (Å²) in [6.45, 7) is 4.36. The number of pyridine rings is 1. The smallest absolute Gasteiger partial charge is 0.157 e. The Morgan fingerprint density at radius 2 is 2.04 bits per heavy atom. The monoisotopic (exact) mass is 323 g/mol. The van der Waals surface area contributed by atoms with E-state index in [-0.39, 0.29) is 0 Å². The minimum absolute atomic E-state index is 0.725. The maximum absolute atomic E-state index is 9.66. The molecular formula is C19H21N3S. The Bertz CT molecular complexity index is 874. The molecule has 0 amide bonds. The van der Waals surface area contributed by atoms with E-state index in [1.165, 1.54) is 17.9 Å². The SMILES string of the molecule is CCCCSc1cc(CCC)c(C#N)c2nc3ccccc3n12. The van der Waals surface area contributed by atoms with Gasteiger partial charge >= 0.3 is 0 Å². The number of fused-ring (bicyclic) bond motifs is 3. The number of imidazole rings is 1. The Labute approximate surface area is 141 Å². The Morgan fingerprint density at radius 3 is 2.78 bits per heavy atom. The van der Waals surface area contributed by atoms with E-state index in [0.29, 0.717) is 0 Å². The summed E-state index contributed by atoms with van der Waals surface area (Å²) in [7, 11) is 0. The van der Waals surface area contributed by atoms with Crippen molar-refractivity contribution < 1.29 is 0 Å². The van der Waals surface area contributed by atoms with Gasteiger partial charge in [-0.3, -0.25) is 4.40 Å². The topological polar surface area (TPSA) is 41.1 Å². The summed E-state index contributed by atoms with van der Waals surface area (Å²) in [6.07, 6.45) is 4.34. The normalized spacial score (nSPS) is 11.2. The van der Waals surface area contributed by atoms with E-state index in [2.05, 4.69) is 36.5 Å². The molecule has 23 heavy (non-hydrogen) atoms. The lowest BCUT2D eigenvalue weighted by atomic mass is 10.1. The van der Waals surface area contributed by atoms with Crippen LogP contribution in [0.4, 0.5) is 0 Å². The van der Waals surface area contributed by atoms with Crippen LogP contribution >= 0.6 is 11.8 Å². The van der Waals surface area contributed by atoms with Crippen LogP contribution in [0.2, 0.25) is 0 Å². The summed E-state index contributed by atoms with van der Waals surface area (Å²) in [5.74, 6) is 1.09. The quantitative estimate of drug-likeness (QED) is 0.462. The van der Waals surface area contributed by atoms with Crippen molar-refractivity contribution in [2.24, 2.45) is 0 Å². The molecule has 3 nitrogen and oxygen atoms in total. The van der Waals surface area contributed by atoms with Crippen LogP contribution in [0.15, 0.2) is 35.4 Å². The van der Waals surface area contributed by atoms with Gasteiger partial charge in [-0.2, -0.15) is 5.26 Å². The van der Waals surface area contributed by atoms with E-state index >= 15 is 0 Å². The molecule has 0 bridgehead atoms. The van der Waals surface area contributed by atoms with Crippen LogP contribution in [0, 0.1) is 11.3 Å². The van der Waals surface area contributed by atoms with Gasteiger partial charge in [0.2, 0.25) is 0 Å². The molecule has 0 spiro atoms. The van der Waals surface area contributed by atoms with Crippen molar-refractivity contribution in [2.45, 2.75) is 44.6 Å². The lowest BCUT2D eigenvalue weighted by molar-refractivity contribution is 0.886. The van der Waals surface area contributed by atoms with Crippen LogP contribution in [0.3, 0.4) is 0 Å². The summed E-state index contributed by atoms with van der Waals surface area (Å²) < 4.78 is 2.16. The van der Waals surface area contributed by atoms with E-state index in [1.807, 2.05) is 30.0 Å². The zero-order chi connectivity index (χ0) is 16.2. The van der Waals surface area contributed by atoms with Crippen LogP contribution in [0.1, 0.15) is 44.2 Å². The molecular weight excluding hydrogens is 302 g/mol. The Kier molecular flexibility index (Phi) is 4.88.